The predicted molar refractivity (Wildman–Crippen MR) is 86.4 cm³/mol. The van der Waals surface area contributed by atoms with Gasteiger partial charge in [-0.05, 0) is 49.2 Å². The van der Waals surface area contributed by atoms with Crippen LogP contribution < -0.4 is 5.73 Å². The van der Waals surface area contributed by atoms with Crippen molar-refractivity contribution >= 4 is 5.69 Å². The van der Waals surface area contributed by atoms with E-state index in [1.54, 1.807) is 0 Å². The quantitative estimate of drug-likeness (QED) is 0.852. The molecule has 0 unspecified atom stereocenters. The molecule has 2 aromatic carbocycles. The fraction of sp³-hybridized carbons (Fsp3) is 0.278. The number of hydrogen-bond acceptors (Lipinski definition) is 3. The Bertz CT molecular complexity index is 624. The molecule has 0 aliphatic heterocycles. The van der Waals surface area contributed by atoms with Crippen molar-refractivity contribution in [3.63, 3.8) is 0 Å². The van der Waals surface area contributed by atoms with E-state index in [2.05, 4.69) is 30.9 Å². The molecule has 0 fully saturated rings. The van der Waals surface area contributed by atoms with Crippen molar-refractivity contribution in [2.24, 2.45) is 0 Å². The van der Waals surface area contributed by atoms with Crippen molar-refractivity contribution in [2.75, 3.05) is 5.73 Å². The van der Waals surface area contributed by atoms with Gasteiger partial charge in [-0.1, -0.05) is 24.3 Å². The molecule has 3 nitrogen and oxygen atoms in total. The molecule has 108 valence electrons. The Morgan fingerprint density at radius 3 is 2.29 bits per heavy atom. The normalized spacial score (nSPS) is 10.8. The molecule has 2 N–H and O–H groups in total. The Kier molecular flexibility index (Phi) is 4.97. The average molecular weight is 279 g/mol. The van der Waals surface area contributed by atoms with Gasteiger partial charge in [0.15, 0.2) is 0 Å². The summed E-state index contributed by atoms with van der Waals surface area (Å²) in [4.78, 5) is 2.39. The van der Waals surface area contributed by atoms with Crippen LogP contribution in [0.4, 0.5) is 5.69 Å². The van der Waals surface area contributed by atoms with Gasteiger partial charge in [-0.2, -0.15) is 5.26 Å². The van der Waals surface area contributed by atoms with E-state index < -0.39 is 0 Å². The second kappa shape index (κ2) is 6.92. The van der Waals surface area contributed by atoms with Crippen LogP contribution in [-0.2, 0) is 13.1 Å². The molecule has 0 aromatic heterocycles. The lowest BCUT2D eigenvalue weighted by molar-refractivity contribution is 0.203. The van der Waals surface area contributed by atoms with Crippen molar-refractivity contribution in [1.29, 1.82) is 5.26 Å². The minimum atomic E-state index is 0.432. The number of hydrogen-bond donors (Lipinski definition) is 1. The van der Waals surface area contributed by atoms with Crippen LogP contribution in [0.15, 0.2) is 48.5 Å². The molecule has 0 saturated heterocycles. The first-order valence-corrected chi connectivity index (χ1v) is 7.16. The SMILES string of the molecule is CC(C)N(Cc1ccc(C#N)cc1)Cc1cccc(N)c1. The molecule has 0 spiro atoms. The highest BCUT2D eigenvalue weighted by Gasteiger charge is 2.11. The Labute approximate surface area is 126 Å². The van der Waals surface area contributed by atoms with Crippen molar-refractivity contribution in [2.45, 2.75) is 33.0 Å². The van der Waals surface area contributed by atoms with Crippen LogP contribution in [0.1, 0.15) is 30.5 Å². The molecule has 2 aromatic rings. The number of benzene rings is 2. The summed E-state index contributed by atoms with van der Waals surface area (Å²) < 4.78 is 0. The van der Waals surface area contributed by atoms with Gasteiger partial charge in [0.2, 0.25) is 0 Å². The number of nitrogen functional groups attached to an aromatic ring is 1. The van der Waals surface area contributed by atoms with Gasteiger partial charge in [0, 0.05) is 24.8 Å². The lowest BCUT2D eigenvalue weighted by atomic mass is 10.1. The van der Waals surface area contributed by atoms with Crippen LogP contribution in [0, 0.1) is 11.3 Å². The van der Waals surface area contributed by atoms with Gasteiger partial charge in [-0.3, -0.25) is 4.90 Å². The highest BCUT2D eigenvalue weighted by Crippen LogP contribution is 2.15. The molecular formula is C18H21N3. The molecular weight excluding hydrogens is 258 g/mol. The van der Waals surface area contributed by atoms with Crippen LogP contribution in [-0.4, -0.2) is 10.9 Å². The Morgan fingerprint density at radius 1 is 1.05 bits per heavy atom. The maximum absolute atomic E-state index is 8.85. The van der Waals surface area contributed by atoms with Gasteiger partial charge in [0.1, 0.15) is 0 Å². The molecule has 21 heavy (non-hydrogen) atoms. The van der Waals surface area contributed by atoms with E-state index in [0.29, 0.717) is 11.6 Å². The molecule has 0 radical (unpaired) electrons. The molecule has 0 bridgehead atoms. The van der Waals surface area contributed by atoms with Gasteiger partial charge in [0.05, 0.1) is 11.6 Å². The zero-order valence-corrected chi connectivity index (χ0v) is 12.6. The fourth-order valence-electron chi connectivity index (χ4n) is 2.27. The van der Waals surface area contributed by atoms with Crippen LogP contribution >= 0.6 is 0 Å². The van der Waals surface area contributed by atoms with Crippen LogP contribution in [0.5, 0.6) is 0 Å². The summed E-state index contributed by atoms with van der Waals surface area (Å²) in [7, 11) is 0. The minimum absolute atomic E-state index is 0.432. The maximum atomic E-state index is 8.85. The van der Waals surface area contributed by atoms with Gasteiger partial charge in [-0.25, -0.2) is 0 Å². The first-order valence-electron chi connectivity index (χ1n) is 7.16. The Hall–Kier alpha value is -2.31. The molecule has 0 aliphatic rings. The summed E-state index contributed by atoms with van der Waals surface area (Å²) in [5.41, 5.74) is 9.78. The third-order valence-corrected chi connectivity index (χ3v) is 3.54. The molecule has 3 heteroatoms. The lowest BCUT2D eigenvalue weighted by Gasteiger charge is -2.26. The minimum Gasteiger partial charge on any atom is -0.399 e. The largest absolute Gasteiger partial charge is 0.399 e. The summed E-state index contributed by atoms with van der Waals surface area (Å²) >= 11 is 0. The van der Waals surface area contributed by atoms with Crippen molar-refractivity contribution in [3.8, 4) is 6.07 Å². The fourth-order valence-corrected chi connectivity index (χ4v) is 2.27. The molecule has 2 rings (SSSR count). The first-order chi connectivity index (χ1) is 10.1. The number of nitrogens with two attached hydrogens (primary N) is 1. The van der Waals surface area contributed by atoms with Crippen molar-refractivity contribution in [3.05, 3.63) is 65.2 Å². The van der Waals surface area contributed by atoms with Gasteiger partial charge in [0.25, 0.3) is 0 Å². The highest BCUT2D eigenvalue weighted by atomic mass is 15.1. The standard InChI is InChI=1S/C18H21N3/c1-14(2)21(13-17-4-3-5-18(20)10-17)12-16-8-6-15(11-19)7-9-16/h3-10,14H,12-13,20H2,1-2H3. The van der Waals surface area contributed by atoms with E-state index in [9.17, 15) is 0 Å². The van der Waals surface area contributed by atoms with Gasteiger partial charge in [-0.15, -0.1) is 0 Å². The van der Waals surface area contributed by atoms with E-state index in [1.165, 1.54) is 11.1 Å². The smallest absolute Gasteiger partial charge is 0.0991 e. The van der Waals surface area contributed by atoms with Crippen LogP contribution in [0.2, 0.25) is 0 Å². The number of anilines is 1. The van der Waals surface area contributed by atoms with Crippen molar-refractivity contribution in [1.82, 2.24) is 4.90 Å². The summed E-state index contributed by atoms with van der Waals surface area (Å²) in [6.45, 7) is 6.10. The summed E-state index contributed by atoms with van der Waals surface area (Å²) in [5.74, 6) is 0. The number of nitrogens with zero attached hydrogens (tertiary/aromatic N) is 2. The third-order valence-electron chi connectivity index (χ3n) is 3.54. The molecule has 0 heterocycles. The van der Waals surface area contributed by atoms with Gasteiger partial charge < -0.3 is 5.73 Å². The first kappa shape index (κ1) is 15.1. The van der Waals surface area contributed by atoms with E-state index in [-0.39, 0.29) is 0 Å². The molecule has 0 saturated carbocycles. The monoisotopic (exact) mass is 279 g/mol. The summed E-state index contributed by atoms with van der Waals surface area (Å²) in [5, 5.41) is 8.85. The number of rotatable bonds is 5. The van der Waals surface area contributed by atoms with E-state index >= 15 is 0 Å². The number of nitriles is 1. The summed E-state index contributed by atoms with van der Waals surface area (Å²) in [6.07, 6.45) is 0. The Morgan fingerprint density at radius 2 is 1.71 bits per heavy atom. The maximum Gasteiger partial charge on any atom is 0.0991 e. The third kappa shape index (κ3) is 4.34. The topological polar surface area (TPSA) is 53.0 Å². The average Bonchev–Trinajstić information content (AvgIpc) is 2.47. The van der Waals surface area contributed by atoms with Crippen molar-refractivity contribution < 1.29 is 0 Å². The second-order valence-corrected chi connectivity index (χ2v) is 5.55. The summed E-state index contributed by atoms with van der Waals surface area (Å²) in [6, 6.07) is 18.4. The zero-order valence-electron chi connectivity index (χ0n) is 12.6. The Balaban J connectivity index is 2.10. The molecule has 0 aliphatic carbocycles. The lowest BCUT2D eigenvalue weighted by Crippen LogP contribution is -2.29. The van der Waals surface area contributed by atoms with Crippen LogP contribution in [0.3, 0.4) is 0 Å². The van der Waals surface area contributed by atoms with Gasteiger partial charge >= 0.3 is 0 Å². The van der Waals surface area contributed by atoms with E-state index in [1.807, 2.05) is 42.5 Å². The van der Waals surface area contributed by atoms with Crippen LogP contribution in [0.25, 0.3) is 0 Å². The van der Waals surface area contributed by atoms with E-state index in [4.69, 9.17) is 11.0 Å². The predicted octanol–water partition coefficient (Wildman–Crippen LogP) is 3.55. The van der Waals surface area contributed by atoms with E-state index in [0.717, 1.165) is 18.8 Å². The second-order valence-electron chi connectivity index (χ2n) is 5.55. The highest BCUT2D eigenvalue weighted by molar-refractivity contribution is 5.40. The molecule has 0 amide bonds. The molecule has 0 atom stereocenters. The zero-order chi connectivity index (χ0) is 15.2.